The van der Waals surface area contributed by atoms with Crippen molar-refractivity contribution in [1.82, 2.24) is 5.32 Å². The molecule has 1 aromatic rings. The summed E-state index contributed by atoms with van der Waals surface area (Å²) >= 11 is 0. The molecule has 0 radical (unpaired) electrons. The van der Waals surface area contributed by atoms with Crippen LogP contribution in [0.15, 0.2) is 30.3 Å². The lowest BCUT2D eigenvalue weighted by atomic mass is 9.88. The van der Waals surface area contributed by atoms with E-state index in [9.17, 15) is 9.90 Å². The lowest BCUT2D eigenvalue weighted by Crippen LogP contribution is -2.53. The van der Waals surface area contributed by atoms with Crippen molar-refractivity contribution >= 4 is 6.09 Å². The number of carbonyl (C=O) groups excluding carboxylic acids is 1. The molecule has 0 bridgehead atoms. The molecule has 1 heterocycles. The number of aliphatic hydroxyl groups is 1. The number of aryl methyl sites for hydroxylation is 1. The number of ether oxygens (including phenoxy) is 1. The quantitative estimate of drug-likeness (QED) is 0.840. The number of hydrogen-bond acceptors (Lipinski definition) is 3. The van der Waals surface area contributed by atoms with Crippen LogP contribution in [0.4, 0.5) is 4.79 Å². The van der Waals surface area contributed by atoms with Gasteiger partial charge in [0.15, 0.2) is 11.3 Å². The van der Waals surface area contributed by atoms with Gasteiger partial charge in [-0.05, 0) is 32.3 Å². The highest BCUT2D eigenvalue weighted by Crippen LogP contribution is 2.33. The third kappa shape index (κ3) is 2.26. The Hall–Kier alpha value is -1.55. The van der Waals surface area contributed by atoms with Crippen LogP contribution in [0.1, 0.15) is 25.8 Å². The van der Waals surface area contributed by atoms with Gasteiger partial charge in [-0.3, -0.25) is 5.32 Å². The van der Waals surface area contributed by atoms with E-state index in [2.05, 4.69) is 5.32 Å². The second-order valence-corrected chi connectivity index (χ2v) is 4.80. The van der Waals surface area contributed by atoms with E-state index in [1.807, 2.05) is 30.3 Å². The molecule has 2 N–H and O–H groups in total. The molecule has 4 heteroatoms. The van der Waals surface area contributed by atoms with E-state index >= 15 is 0 Å². The summed E-state index contributed by atoms with van der Waals surface area (Å²) in [6, 6.07) is 9.92. The fourth-order valence-corrected chi connectivity index (χ4v) is 1.98. The summed E-state index contributed by atoms with van der Waals surface area (Å²) in [6.45, 7) is 3.30. The molecule has 0 saturated carbocycles. The fraction of sp³-hybridized carbons (Fsp3) is 0.462. The highest BCUT2D eigenvalue weighted by Gasteiger charge is 2.53. The van der Waals surface area contributed by atoms with E-state index in [0.717, 1.165) is 12.0 Å². The van der Waals surface area contributed by atoms with Crippen molar-refractivity contribution in [2.45, 2.75) is 38.0 Å². The lowest BCUT2D eigenvalue weighted by Gasteiger charge is -2.32. The van der Waals surface area contributed by atoms with Gasteiger partial charge < -0.3 is 9.84 Å². The van der Waals surface area contributed by atoms with Crippen molar-refractivity contribution in [2.75, 3.05) is 0 Å². The maximum atomic E-state index is 11.2. The van der Waals surface area contributed by atoms with Crippen LogP contribution < -0.4 is 5.32 Å². The maximum Gasteiger partial charge on any atom is 0.410 e. The van der Waals surface area contributed by atoms with E-state index in [0.29, 0.717) is 6.42 Å². The highest BCUT2D eigenvalue weighted by atomic mass is 16.6. The average molecular weight is 235 g/mol. The third-order valence-corrected chi connectivity index (χ3v) is 3.43. The van der Waals surface area contributed by atoms with Crippen LogP contribution in [0, 0.1) is 0 Å². The first-order valence-electron chi connectivity index (χ1n) is 5.70. The largest absolute Gasteiger partial charge is 0.438 e. The molecule has 0 aromatic heterocycles. The van der Waals surface area contributed by atoms with E-state index in [1.54, 1.807) is 13.8 Å². The van der Waals surface area contributed by atoms with Gasteiger partial charge in [0, 0.05) is 0 Å². The SMILES string of the molecule is C[C@@]1(O)NC(=O)O[C@@]1(C)CCc1ccccc1. The van der Waals surface area contributed by atoms with Gasteiger partial charge in [-0.1, -0.05) is 30.3 Å². The van der Waals surface area contributed by atoms with E-state index in [-0.39, 0.29) is 0 Å². The molecule has 1 aromatic carbocycles. The van der Waals surface area contributed by atoms with Crippen LogP contribution in [-0.4, -0.2) is 22.5 Å². The normalized spacial score (nSPS) is 32.1. The van der Waals surface area contributed by atoms with Gasteiger partial charge >= 0.3 is 6.09 Å². The predicted molar refractivity (Wildman–Crippen MR) is 63.4 cm³/mol. The van der Waals surface area contributed by atoms with Crippen molar-refractivity contribution in [3.05, 3.63) is 35.9 Å². The van der Waals surface area contributed by atoms with Crippen molar-refractivity contribution in [2.24, 2.45) is 0 Å². The monoisotopic (exact) mass is 235 g/mol. The van der Waals surface area contributed by atoms with E-state index in [1.165, 1.54) is 0 Å². The van der Waals surface area contributed by atoms with Gasteiger partial charge in [-0.25, -0.2) is 4.79 Å². The average Bonchev–Trinajstić information content (AvgIpc) is 2.46. The molecule has 1 aliphatic heterocycles. The molecule has 0 unspecified atom stereocenters. The second-order valence-electron chi connectivity index (χ2n) is 4.80. The zero-order valence-electron chi connectivity index (χ0n) is 10.1. The van der Waals surface area contributed by atoms with Crippen LogP contribution in [-0.2, 0) is 11.2 Å². The van der Waals surface area contributed by atoms with Gasteiger partial charge in [0.1, 0.15) is 0 Å². The number of benzene rings is 1. The van der Waals surface area contributed by atoms with Crippen molar-refractivity contribution in [3.63, 3.8) is 0 Å². The van der Waals surface area contributed by atoms with Gasteiger partial charge in [-0.15, -0.1) is 0 Å². The van der Waals surface area contributed by atoms with Gasteiger partial charge in [-0.2, -0.15) is 0 Å². The van der Waals surface area contributed by atoms with Crippen LogP contribution in [0.5, 0.6) is 0 Å². The van der Waals surface area contributed by atoms with Gasteiger partial charge in [0.05, 0.1) is 0 Å². The Kier molecular flexibility index (Phi) is 2.83. The standard InChI is InChI=1S/C13H17NO3/c1-12(13(2,16)14-11(15)17-12)9-8-10-6-4-3-5-7-10/h3-7,16H,8-9H2,1-2H3,(H,14,15)/t12-,13-/m0/s1. The number of nitrogens with one attached hydrogen (secondary N) is 1. The van der Waals surface area contributed by atoms with Crippen LogP contribution in [0.2, 0.25) is 0 Å². The number of cyclic esters (lactones) is 1. The van der Waals surface area contributed by atoms with Crippen LogP contribution in [0.3, 0.4) is 0 Å². The molecule has 92 valence electrons. The third-order valence-electron chi connectivity index (χ3n) is 3.43. The second kappa shape index (κ2) is 4.04. The number of alkyl carbamates (subject to hydrolysis) is 1. The van der Waals surface area contributed by atoms with Gasteiger partial charge in [0.25, 0.3) is 0 Å². The Labute approximate surface area is 101 Å². The Balaban J connectivity index is 2.06. The molecule has 1 saturated heterocycles. The minimum atomic E-state index is -1.32. The molecule has 1 aliphatic rings. The van der Waals surface area contributed by atoms with E-state index < -0.39 is 17.4 Å². The fourth-order valence-electron chi connectivity index (χ4n) is 1.98. The summed E-state index contributed by atoms with van der Waals surface area (Å²) in [7, 11) is 0. The number of hydrogen-bond donors (Lipinski definition) is 2. The van der Waals surface area contributed by atoms with Crippen LogP contribution in [0.25, 0.3) is 0 Å². The van der Waals surface area contributed by atoms with Crippen LogP contribution >= 0.6 is 0 Å². The molecule has 0 aliphatic carbocycles. The highest BCUT2D eigenvalue weighted by molar-refractivity contribution is 5.71. The maximum absolute atomic E-state index is 11.2. The number of rotatable bonds is 3. The molecule has 0 spiro atoms. The van der Waals surface area contributed by atoms with E-state index in [4.69, 9.17) is 4.74 Å². The zero-order chi connectivity index (χ0) is 12.5. The molecule has 17 heavy (non-hydrogen) atoms. The molecule has 1 amide bonds. The summed E-state index contributed by atoms with van der Waals surface area (Å²) in [5, 5.41) is 12.5. The molecule has 2 atom stereocenters. The minimum absolute atomic E-state index is 0.564. The Bertz CT molecular complexity index is 416. The molecule has 1 fully saturated rings. The molecular weight excluding hydrogens is 218 g/mol. The molecule has 2 rings (SSSR count). The zero-order valence-corrected chi connectivity index (χ0v) is 10.1. The summed E-state index contributed by atoms with van der Waals surface area (Å²) in [5.74, 6) is 0. The smallest absolute Gasteiger partial charge is 0.410 e. The summed E-state index contributed by atoms with van der Waals surface area (Å²) in [4.78, 5) is 11.2. The molecule has 4 nitrogen and oxygen atoms in total. The number of carbonyl (C=O) groups is 1. The van der Waals surface area contributed by atoms with Gasteiger partial charge in [0.2, 0.25) is 0 Å². The van der Waals surface area contributed by atoms with Crippen molar-refractivity contribution in [3.8, 4) is 0 Å². The predicted octanol–water partition coefficient (Wildman–Crippen LogP) is 1.83. The summed E-state index contributed by atoms with van der Waals surface area (Å²) in [6.07, 6.45) is 0.760. The summed E-state index contributed by atoms with van der Waals surface area (Å²) in [5.41, 5.74) is -1.05. The first kappa shape index (κ1) is 11.9. The Morgan fingerprint density at radius 1 is 1.29 bits per heavy atom. The van der Waals surface area contributed by atoms with Crippen molar-refractivity contribution < 1.29 is 14.6 Å². The first-order valence-corrected chi connectivity index (χ1v) is 5.70. The Morgan fingerprint density at radius 3 is 2.47 bits per heavy atom. The molecular formula is C13H17NO3. The Morgan fingerprint density at radius 2 is 1.94 bits per heavy atom. The minimum Gasteiger partial charge on any atom is -0.438 e. The first-order chi connectivity index (χ1) is 7.93. The number of amides is 1. The topological polar surface area (TPSA) is 58.6 Å². The lowest BCUT2D eigenvalue weighted by molar-refractivity contribution is -0.0976. The van der Waals surface area contributed by atoms with Crippen molar-refractivity contribution in [1.29, 1.82) is 0 Å². The summed E-state index contributed by atoms with van der Waals surface area (Å²) < 4.78 is 5.19.